The molecule has 2 aromatic heterocycles. The summed E-state index contributed by atoms with van der Waals surface area (Å²) in [6, 6.07) is 0. The highest BCUT2D eigenvalue weighted by atomic mass is 32.1. The number of nitrogens with zero attached hydrogens (tertiary/aromatic N) is 5. The van der Waals surface area contributed by atoms with Crippen LogP contribution in [0.15, 0.2) is 11.1 Å². The Kier molecular flexibility index (Phi) is 4.12. The third-order valence-electron chi connectivity index (χ3n) is 5.21. The smallest absolute Gasteiger partial charge is 0.256 e. The van der Waals surface area contributed by atoms with Crippen LogP contribution < -0.4 is 10.5 Å². The molecule has 0 aromatic carbocycles. The van der Waals surface area contributed by atoms with E-state index in [1.165, 1.54) is 17.8 Å². The predicted octanol–water partition coefficient (Wildman–Crippen LogP) is 2.51. The van der Waals surface area contributed by atoms with Crippen molar-refractivity contribution in [3.8, 4) is 0 Å². The molecule has 4 rings (SSSR count). The maximum absolute atomic E-state index is 12.3. The fourth-order valence-electron chi connectivity index (χ4n) is 3.24. The van der Waals surface area contributed by atoms with Crippen molar-refractivity contribution < 1.29 is 0 Å². The molecule has 7 heteroatoms. The Morgan fingerprint density at radius 3 is 2.62 bits per heavy atom. The standard InChI is InChI=1S/C17H23N5OS/c1-11-12(2)18-10-22(16(11)23)9-13-5-7-21(8-6-13)17-20-19-15(24-17)14-3-4-14/h10,13-14H,3-9H2,1-2H3. The zero-order chi connectivity index (χ0) is 16.7. The summed E-state index contributed by atoms with van der Waals surface area (Å²) >= 11 is 1.76. The zero-order valence-corrected chi connectivity index (χ0v) is 15.1. The van der Waals surface area contributed by atoms with Gasteiger partial charge in [-0.25, -0.2) is 4.98 Å². The zero-order valence-electron chi connectivity index (χ0n) is 14.2. The minimum Gasteiger partial charge on any atom is -0.347 e. The van der Waals surface area contributed by atoms with Crippen molar-refractivity contribution in [2.75, 3.05) is 18.0 Å². The fourth-order valence-corrected chi connectivity index (χ4v) is 4.30. The van der Waals surface area contributed by atoms with Crippen LogP contribution in [0.25, 0.3) is 0 Å². The van der Waals surface area contributed by atoms with Crippen molar-refractivity contribution in [2.45, 2.75) is 52.0 Å². The average Bonchev–Trinajstić information content (AvgIpc) is 3.33. The first-order valence-electron chi connectivity index (χ1n) is 8.73. The van der Waals surface area contributed by atoms with Gasteiger partial charge in [0.25, 0.3) is 5.56 Å². The van der Waals surface area contributed by atoms with Gasteiger partial charge >= 0.3 is 0 Å². The first-order chi connectivity index (χ1) is 11.6. The molecule has 0 amide bonds. The van der Waals surface area contributed by atoms with Gasteiger partial charge in [-0.2, -0.15) is 0 Å². The summed E-state index contributed by atoms with van der Waals surface area (Å²) in [6.07, 6.45) is 6.41. The van der Waals surface area contributed by atoms with Crippen molar-refractivity contribution in [1.29, 1.82) is 0 Å². The molecule has 1 aliphatic carbocycles. The van der Waals surface area contributed by atoms with Crippen LogP contribution >= 0.6 is 11.3 Å². The number of piperidine rings is 1. The molecule has 0 bridgehead atoms. The Bertz CT molecular complexity index is 787. The first kappa shape index (κ1) is 15.7. The lowest BCUT2D eigenvalue weighted by molar-refractivity contribution is 0.350. The van der Waals surface area contributed by atoms with Gasteiger partial charge in [0.1, 0.15) is 5.01 Å². The van der Waals surface area contributed by atoms with Gasteiger partial charge in [-0.05, 0) is 45.4 Å². The van der Waals surface area contributed by atoms with E-state index in [0.717, 1.165) is 48.9 Å². The van der Waals surface area contributed by atoms with Gasteiger partial charge in [0.15, 0.2) is 0 Å². The quantitative estimate of drug-likeness (QED) is 0.852. The van der Waals surface area contributed by atoms with Crippen LogP contribution in [0.4, 0.5) is 5.13 Å². The van der Waals surface area contributed by atoms with Gasteiger partial charge in [0.05, 0.1) is 6.33 Å². The molecule has 1 aliphatic heterocycles. The first-order valence-corrected chi connectivity index (χ1v) is 9.54. The molecule has 2 aromatic rings. The highest BCUT2D eigenvalue weighted by Gasteiger charge is 2.29. The van der Waals surface area contributed by atoms with Crippen LogP contribution in [0.3, 0.4) is 0 Å². The molecule has 6 nitrogen and oxygen atoms in total. The molecule has 24 heavy (non-hydrogen) atoms. The molecule has 2 fully saturated rings. The summed E-state index contributed by atoms with van der Waals surface area (Å²) in [5.41, 5.74) is 1.69. The molecule has 0 spiro atoms. The van der Waals surface area contributed by atoms with Crippen LogP contribution in [0.1, 0.15) is 47.9 Å². The minimum absolute atomic E-state index is 0.100. The Hall–Kier alpha value is -1.76. The van der Waals surface area contributed by atoms with Crippen LogP contribution in [0.2, 0.25) is 0 Å². The van der Waals surface area contributed by atoms with Crippen LogP contribution in [0, 0.1) is 19.8 Å². The Balaban J connectivity index is 1.37. The lowest BCUT2D eigenvalue weighted by Crippen LogP contribution is -2.36. The largest absolute Gasteiger partial charge is 0.347 e. The van der Waals surface area contributed by atoms with Crippen molar-refractivity contribution >= 4 is 16.5 Å². The third-order valence-corrected chi connectivity index (χ3v) is 6.36. The summed E-state index contributed by atoms with van der Waals surface area (Å²) in [4.78, 5) is 19.0. The minimum atomic E-state index is 0.100. The van der Waals surface area contributed by atoms with Gasteiger partial charge in [-0.3, -0.25) is 9.36 Å². The molecule has 0 radical (unpaired) electrons. The molecule has 2 aliphatic rings. The van der Waals surface area contributed by atoms with E-state index in [-0.39, 0.29) is 5.56 Å². The fraction of sp³-hybridized carbons (Fsp3) is 0.647. The van der Waals surface area contributed by atoms with Crippen molar-refractivity contribution in [3.63, 3.8) is 0 Å². The summed E-state index contributed by atoms with van der Waals surface area (Å²) in [5.74, 6) is 1.21. The highest BCUT2D eigenvalue weighted by Crippen LogP contribution is 2.42. The second kappa shape index (κ2) is 6.27. The number of aromatic nitrogens is 4. The lowest BCUT2D eigenvalue weighted by atomic mass is 9.97. The van der Waals surface area contributed by atoms with Crippen molar-refractivity contribution in [2.24, 2.45) is 5.92 Å². The Labute approximate surface area is 145 Å². The summed E-state index contributed by atoms with van der Waals surface area (Å²) in [7, 11) is 0. The van der Waals surface area contributed by atoms with Crippen LogP contribution in [-0.2, 0) is 6.54 Å². The monoisotopic (exact) mass is 345 g/mol. The average molecular weight is 345 g/mol. The Morgan fingerprint density at radius 1 is 1.17 bits per heavy atom. The van der Waals surface area contributed by atoms with E-state index >= 15 is 0 Å². The third kappa shape index (κ3) is 3.09. The topological polar surface area (TPSA) is 63.9 Å². The second-order valence-electron chi connectivity index (χ2n) is 7.04. The van der Waals surface area contributed by atoms with E-state index in [1.54, 1.807) is 22.2 Å². The van der Waals surface area contributed by atoms with Gasteiger partial charge in [-0.15, -0.1) is 10.2 Å². The summed E-state index contributed by atoms with van der Waals surface area (Å²) < 4.78 is 1.78. The number of rotatable bonds is 4. The molecule has 0 N–H and O–H groups in total. The van der Waals surface area contributed by atoms with Crippen LogP contribution in [-0.4, -0.2) is 32.8 Å². The van der Waals surface area contributed by atoms with E-state index in [2.05, 4.69) is 20.1 Å². The molecule has 128 valence electrons. The van der Waals surface area contributed by atoms with E-state index in [1.807, 2.05) is 13.8 Å². The summed E-state index contributed by atoms with van der Waals surface area (Å²) in [5, 5.41) is 11.0. The predicted molar refractivity (Wildman–Crippen MR) is 94.8 cm³/mol. The number of aryl methyl sites for hydroxylation is 1. The molecular formula is C17H23N5OS. The SMILES string of the molecule is Cc1ncn(CC2CCN(c3nnc(C4CC4)s3)CC2)c(=O)c1C. The molecule has 0 unspecified atom stereocenters. The molecule has 1 saturated carbocycles. The Morgan fingerprint density at radius 2 is 1.92 bits per heavy atom. The van der Waals surface area contributed by atoms with E-state index in [4.69, 9.17) is 0 Å². The van der Waals surface area contributed by atoms with E-state index in [9.17, 15) is 4.79 Å². The number of hydrogen-bond acceptors (Lipinski definition) is 6. The van der Waals surface area contributed by atoms with Gasteiger partial charge in [0.2, 0.25) is 5.13 Å². The lowest BCUT2D eigenvalue weighted by Gasteiger charge is -2.31. The normalized spacial score (nSPS) is 19.0. The molecule has 3 heterocycles. The van der Waals surface area contributed by atoms with Crippen LogP contribution in [0.5, 0.6) is 0 Å². The maximum atomic E-state index is 12.3. The van der Waals surface area contributed by atoms with Crippen molar-refractivity contribution in [3.05, 3.63) is 32.9 Å². The number of hydrogen-bond donors (Lipinski definition) is 0. The van der Waals surface area contributed by atoms with Crippen molar-refractivity contribution in [1.82, 2.24) is 19.7 Å². The molecular weight excluding hydrogens is 322 g/mol. The number of anilines is 1. The maximum Gasteiger partial charge on any atom is 0.256 e. The molecule has 0 atom stereocenters. The molecule has 1 saturated heterocycles. The van der Waals surface area contributed by atoms with E-state index < -0.39 is 0 Å². The van der Waals surface area contributed by atoms with Gasteiger partial charge in [-0.1, -0.05) is 11.3 Å². The van der Waals surface area contributed by atoms with E-state index in [0.29, 0.717) is 11.8 Å². The second-order valence-corrected chi connectivity index (χ2v) is 8.03. The van der Waals surface area contributed by atoms with Gasteiger partial charge in [0, 0.05) is 36.8 Å². The van der Waals surface area contributed by atoms with Gasteiger partial charge < -0.3 is 4.90 Å². The highest BCUT2D eigenvalue weighted by molar-refractivity contribution is 7.15. The summed E-state index contributed by atoms with van der Waals surface area (Å²) in [6.45, 7) is 6.51.